The predicted octanol–water partition coefficient (Wildman–Crippen LogP) is 2.70. The third-order valence-electron chi connectivity index (χ3n) is 4.90. The van der Waals surface area contributed by atoms with Gasteiger partial charge in [-0.05, 0) is 18.2 Å². The van der Waals surface area contributed by atoms with Gasteiger partial charge in [0.1, 0.15) is 0 Å². The zero-order chi connectivity index (χ0) is 19.1. The van der Waals surface area contributed by atoms with Gasteiger partial charge < -0.3 is 20.4 Å². The second-order valence-corrected chi connectivity index (χ2v) is 7.92. The number of aromatic nitrogens is 3. The van der Waals surface area contributed by atoms with Gasteiger partial charge in [0.25, 0.3) is 0 Å². The second-order valence-electron chi connectivity index (χ2n) is 6.78. The minimum Gasteiger partial charge on any atom is -0.378 e. The van der Waals surface area contributed by atoms with Crippen LogP contribution in [0.15, 0.2) is 36.5 Å². The second kappa shape index (κ2) is 6.88. The molecule has 4 heterocycles. The van der Waals surface area contributed by atoms with Crippen LogP contribution in [0, 0.1) is 0 Å². The summed E-state index contributed by atoms with van der Waals surface area (Å²) in [5.41, 5.74) is 8.28. The molecule has 3 N–H and O–H groups in total. The van der Waals surface area contributed by atoms with E-state index < -0.39 is 0 Å². The van der Waals surface area contributed by atoms with Crippen molar-refractivity contribution >= 4 is 44.2 Å². The molecule has 7 nitrogen and oxygen atoms in total. The van der Waals surface area contributed by atoms with Crippen LogP contribution < -0.4 is 10.6 Å². The van der Waals surface area contributed by atoms with Crippen LogP contribution in [-0.2, 0) is 16.0 Å². The Labute approximate surface area is 165 Å². The van der Waals surface area contributed by atoms with E-state index in [0.29, 0.717) is 19.0 Å². The first-order chi connectivity index (χ1) is 13.7. The lowest BCUT2D eigenvalue weighted by Gasteiger charge is -2.28. The van der Waals surface area contributed by atoms with Gasteiger partial charge in [0.15, 0.2) is 11.6 Å². The van der Waals surface area contributed by atoms with Crippen molar-refractivity contribution in [2.75, 3.05) is 31.2 Å². The number of rotatable bonds is 4. The monoisotopic (exact) mass is 393 g/mol. The molecule has 1 aliphatic rings. The number of thiophene rings is 1. The topological polar surface area (TPSA) is 97.1 Å². The first-order valence-electron chi connectivity index (χ1n) is 9.17. The van der Waals surface area contributed by atoms with Crippen molar-refractivity contribution in [2.24, 2.45) is 5.73 Å². The van der Waals surface area contributed by atoms with E-state index in [1.54, 1.807) is 11.3 Å². The number of morpholine rings is 1. The molecule has 0 spiro atoms. The fourth-order valence-corrected chi connectivity index (χ4v) is 4.74. The molecule has 28 heavy (non-hydrogen) atoms. The fourth-order valence-electron chi connectivity index (χ4n) is 3.61. The third kappa shape index (κ3) is 3.00. The number of amides is 1. The summed E-state index contributed by atoms with van der Waals surface area (Å²) in [6.07, 6.45) is 2.14. The van der Waals surface area contributed by atoms with Crippen LogP contribution in [0.1, 0.15) is 4.88 Å². The van der Waals surface area contributed by atoms with E-state index in [-0.39, 0.29) is 12.3 Å². The number of anilines is 1. The van der Waals surface area contributed by atoms with E-state index in [4.69, 9.17) is 20.4 Å². The van der Waals surface area contributed by atoms with Crippen LogP contribution in [0.3, 0.4) is 0 Å². The number of benzene rings is 1. The maximum atomic E-state index is 11.4. The highest BCUT2D eigenvalue weighted by atomic mass is 32.1. The lowest BCUT2D eigenvalue weighted by Crippen LogP contribution is -2.36. The predicted molar refractivity (Wildman–Crippen MR) is 111 cm³/mol. The molecule has 0 unspecified atom stereocenters. The molecular formula is C20H19N5O2S. The molecular weight excluding hydrogens is 374 g/mol. The number of aromatic amines is 1. The molecule has 1 aromatic carbocycles. The first kappa shape index (κ1) is 17.2. The number of fused-ring (bicyclic) bond motifs is 2. The number of primary amides is 1. The van der Waals surface area contributed by atoms with Crippen LogP contribution >= 0.6 is 11.3 Å². The van der Waals surface area contributed by atoms with Gasteiger partial charge in [-0.25, -0.2) is 9.97 Å². The van der Waals surface area contributed by atoms with Crippen molar-refractivity contribution in [2.45, 2.75) is 6.42 Å². The smallest absolute Gasteiger partial charge is 0.222 e. The number of carbonyl (C=O) groups is 1. The lowest BCUT2D eigenvalue weighted by atomic mass is 10.1. The van der Waals surface area contributed by atoms with Crippen molar-refractivity contribution in [1.29, 1.82) is 0 Å². The van der Waals surface area contributed by atoms with Crippen LogP contribution in [0.4, 0.5) is 5.82 Å². The van der Waals surface area contributed by atoms with Crippen molar-refractivity contribution in [3.63, 3.8) is 0 Å². The molecule has 0 bridgehead atoms. The summed E-state index contributed by atoms with van der Waals surface area (Å²) in [7, 11) is 0. The Balaban J connectivity index is 1.71. The Hall–Kier alpha value is -2.97. The third-order valence-corrected chi connectivity index (χ3v) is 6.02. The molecule has 4 aromatic rings. The highest BCUT2D eigenvalue weighted by Crippen LogP contribution is 2.36. The minimum absolute atomic E-state index is 0.215. The van der Waals surface area contributed by atoms with E-state index in [9.17, 15) is 4.79 Å². The number of nitrogens with zero attached hydrogens (tertiary/aromatic N) is 3. The molecule has 0 saturated carbocycles. The number of H-pyrrole nitrogens is 1. The van der Waals surface area contributed by atoms with Crippen molar-refractivity contribution in [3.05, 3.63) is 41.4 Å². The lowest BCUT2D eigenvalue weighted by molar-refractivity contribution is -0.117. The van der Waals surface area contributed by atoms with Gasteiger partial charge in [0, 0.05) is 40.6 Å². The number of carbonyl (C=O) groups excluding carboxylic acids is 1. The van der Waals surface area contributed by atoms with E-state index in [1.807, 2.05) is 36.5 Å². The largest absolute Gasteiger partial charge is 0.378 e. The molecule has 1 fully saturated rings. The van der Waals surface area contributed by atoms with Crippen LogP contribution in [0.25, 0.3) is 32.5 Å². The average Bonchev–Trinajstić information content (AvgIpc) is 3.33. The van der Waals surface area contributed by atoms with Crippen molar-refractivity contribution in [1.82, 2.24) is 15.0 Å². The minimum atomic E-state index is -0.343. The van der Waals surface area contributed by atoms with Crippen LogP contribution in [0.5, 0.6) is 0 Å². The van der Waals surface area contributed by atoms with Gasteiger partial charge in [-0.15, -0.1) is 11.3 Å². The van der Waals surface area contributed by atoms with E-state index in [1.165, 1.54) is 0 Å². The first-order valence-corrected chi connectivity index (χ1v) is 9.98. The molecule has 0 atom stereocenters. The van der Waals surface area contributed by atoms with E-state index in [2.05, 4.69) is 9.88 Å². The van der Waals surface area contributed by atoms with Crippen LogP contribution in [0.2, 0.25) is 0 Å². The summed E-state index contributed by atoms with van der Waals surface area (Å²) >= 11 is 1.54. The number of hydrogen-bond donors (Lipinski definition) is 2. The number of hydrogen-bond acceptors (Lipinski definition) is 6. The number of nitrogens with two attached hydrogens (primary N) is 1. The summed E-state index contributed by atoms with van der Waals surface area (Å²) in [6.45, 7) is 2.91. The van der Waals surface area contributed by atoms with Gasteiger partial charge >= 0.3 is 0 Å². The Bertz CT molecular complexity index is 1180. The van der Waals surface area contributed by atoms with Gasteiger partial charge in [0.05, 0.1) is 29.9 Å². The average molecular weight is 393 g/mol. The zero-order valence-electron chi connectivity index (χ0n) is 15.1. The Morgan fingerprint density at radius 1 is 1.25 bits per heavy atom. The fraction of sp³-hybridized carbons (Fsp3) is 0.250. The highest BCUT2D eigenvalue weighted by molar-refractivity contribution is 7.19. The quantitative estimate of drug-likeness (QED) is 0.556. The number of ether oxygens (including phenoxy) is 1. The summed E-state index contributed by atoms with van der Waals surface area (Å²) in [4.78, 5) is 27.6. The maximum Gasteiger partial charge on any atom is 0.222 e. The molecule has 3 aromatic heterocycles. The Kier molecular flexibility index (Phi) is 4.22. The summed E-state index contributed by atoms with van der Waals surface area (Å²) in [5, 5.41) is 1.09. The number of nitrogens with one attached hydrogen (secondary N) is 1. The molecule has 0 radical (unpaired) electrons. The van der Waals surface area contributed by atoms with Gasteiger partial charge in [-0.3, -0.25) is 4.79 Å². The van der Waals surface area contributed by atoms with Gasteiger partial charge in [0.2, 0.25) is 5.91 Å². The molecule has 5 rings (SSSR count). The summed E-state index contributed by atoms with van der Waals surface area (Å²) in [6, 6.07) is 10.1. The highest BCUT2D eigenvalue weighted by Gasteiger charge is 2.21. The molecule has 1 saturated heterocycles. The van der Waals surface area contributed by atoms with E-state index in [0.717, 1.165) is 50.5 Å². The SMILES string of the molecule is NC(=O)Cc1cc2nc(-c3cccc4[nH]ccc34)nc(N3CCOCC3)c2s1. The Morgan fingerprint density at radius 2 is 2.11 bits per heavy atom. The van der Waals surface area contributed by atoms with Crippen LogP contribution in [-0.4, -0.2) is 47.2 Å². The summed E-state index contributed by atoms with van der Waals surface area (Å²) in [5.74, 6) is 1.24. The molecule has 1 aliphatic heterocycles. The maximum absolute atomic E-state index is 11.4. The van der Waals surface area contributed by atoms with Crippen molar-refractivity contribution in [3.8, 4) is 11.4 Å². The standard InChI is InChI=1S/C20H19N5O2S/c21-17(26)11-12-10-16-18(28-12)20(25-6-8-27-9-7-25)24-19(23-16)14-2-1-3-15-13(14)4-5-22-15/h1-5,10,22H,6-9,11H2,(H2,21,26). The van der Waals surface area contributed by atoms with Gasteiger partial charge in [-0.2, -0.15) is 0 Å². The summed E-state index contributed by atoms with van der Waals surface area (Å²) < 4.78 is 6.50. The normalized spacial score (nSPS) is 14.8. The molecule has 8 heteroatoms. The molecule has 1 amide bonds. The molecule has 0 aliphatic carbocycles. The Morgan fingerprint density at radius 3 is 2.93 bits per heavy atom. The van der Waals surface area contributed by atoms with E-state index >= 15 is 0 Å². The molecule has 142 valence electrons. The zero-order valence-corrected chi connectivity index (χ0v) is 16.0. The van der Waals surface area contributed by atoms with Crippen molar-refractivity contribution < 1.29 is 9.53 Å². The van der Waals surface area contributed by atoms with Gasteiger partial charge in [-0.1, -0.05) is 12.1 Å².